The second-order valence-corrected chi connectivity index (χ2v) is 7.97. The van der Waals surface area contributed by atoms with Crippen molar-refractivity contribution >= 4 is 50.5 Å². The standard InChI is InChI=1S/C13H14Cl3NO3S/c1-8(2)7-11(18)17-13(12(15)16)21(19,20)10-5-3-9(14)4-6-10/h3-6,8H,7H2,1-2H3,(H,17,18). The first kappa shape index (κ1) is 18.3. The number of amides is 1. The summed E-state index contributed by atoms with van der Waals surface area (Å²) >= 11 is 16.9. The lowest BCUT2D eigenvalue weighted by atomic mass is 10.1. The summed E-state index contributed by atoms with van der Waals surface area (Å²) in [6.45, 7) is 3.66. The monoisotopic (exact) mass is 369 g/mol. The lowest BCUT2D eigenvalue weighted by molar-refractivity contribution is -0.120. The van der Waals surface area contributed by atoms with Crippen LogP contribution in [0.1, 0.15) is 20.3 Å². The molecule has 0 heterocycles. The molecule has 0 bridgehead atoms. The fourth-order valence-corrected chi connectivity index (χ4v) is 3.51. The van der Waals surface area contributed by atoms with E-state index >= 15 is 0 Å². The molecule has 0 aliphatic heterocycles. The number of sulfone groups is 1. The Kier molecular flexibility index (Phi) is 6.53. The molecule has 4 nitrogen and oxygen atoms in total. The highest BCUT2D eigenvalue weighted by Crippen LogP contribution is 2.25. The molecule has 0 spiro atoms. The van der Waals surface area contributed by atoms with E-state index in [1.165, 1.54) is 24.3 Å². The number of carbonyl (C=O) groups is 1. The third kappa shape index (κ3) is 5.18. The highest BCUT2D eigenvalue weighted by atomic mass is 35.5. The van der Waals surface area contributed by atoms with Crippen LogP contribution in [0.5, 0.6) is 0 Å². The van der Waals surface area contributed by atoms with Crippen molar-refractivity contribution < 1.29 is 13.2 Å². The fourth-order valence-electron chi connectivity index (χ4n) is 1.50. The maximum atomic E-state index is 12.4. The van der Waals surface area contributed by atoms with Gasteiger partial charge < -0.3 is 5.32 Å². The van der Waals surface area contributed by atoms with Crippen molar-refractivity contribution in [1.29, 1.82) is 0 Å². The zero-order chi connectivity index (χ0) is 16.2. The number of halogens is 3. The Balaban J connectivity index is 3.14. The SMILES string of the molecule is CC(C)CC(=O)NC(=C(Cl)Cl)S(=O)(=O)c1ccc(Cl)cc1. The van der Waals surface area contributed by atoms with Gasteiger partial charge in [0, 0.05) is 11.4 Å². The second-order valence-electron chi connectivity index (χ2n) is 4.69. The zero-order valence-electron chi connectivity index (χ0n) is 11.4. The van der Waals surface area contributed by atoms with Crippen molar-refractivity contribution in [3.05, 3.63) is 38.8 Å². The number of hydrogen-bond acceptors (Lipinski definition) is 3. The maximum Gasteiger partial charge on any atom is 0.225 e. The molecule has 0 unspecified atom stereocenters. The molecule has 1 aromatic carbocycles. The Morgan fingerprint density at radius 1 is 1.19 bits per heavy atom. The largest absolute Gasteiger partial charge is 0.314 e. The minimum atomic E-state index is -4.02. The quantitative estimate of drug-likeness (QED) is 0.855. The summed E-state index contributed by atoms with van der Waals surface area (Å²) < 4.78 is 24.3. The molecule has 0 radical (unpaired) electrons. The first-order chi connectivity index (χ1) is 9.64. The zero-order valence-corrected chi connectivity index (χ0v) is 14.4. The molecule has 0 aromatic heterocycles. The number of nitrogens with one attached hydrogen (secondary N) is 1. The van der Waals surface area contributed by atoms with Gasteiger partial charge in [-0.25, -0.2) is 8.42 Å². The van der Waals surface area contributed by atoms with Crippen LogP contribution in [0.3, 0.4) is 0 Å². The van der Waals surface area contributed by atoms with Crippen LogP contribution in [0.15, 0.2) is 38.7 Å². The molecule has 0 saturated heterocycles. The molecule has 0 atom stereocenters. The van der Waals surface area contributed by atoms with Crippen LogP contribution < -0.4 is 5.32 Å². The molecule has 116 valence electrons. The molecule has 0 fully saturated rings. The van der Waals surface area contributed by atoms with E-state index in [9.17, 15) is 13.2 Å². The summed E-state index contributed by atoms with van der Waals surface area (Å²) in [4.78, 5) is 11.7. The van der Waals surface area contributed by atoms with Gasteiger partial charge >= 0.3 is 0 Å². The van der Waals surface area contributed by atoms with Gasteiger partial charge in [-0.1, -0.05) is 48.7 Å². The highest BCUT2D eigenvalue weighted by Gasteiger charge is 2.25. The van der Waals surface area contributed by atoms with Crippen molar-refractivity contribution in [2.45, 2.75) is 25.2 Å². The van der Waals surface area contributed by atoms with Gasteiger partial charge in [0.15, 0.2) is 5.03 Å². The van der Waals surface area contributed by atoms with Crippen molar-refractivity contribution in [2.24, 2.45) is 5.92 Å². The summed E-state index contributed by atoms with van der Waals surface area (Å²) in [5.41, 5.74) is 0. The molecular formula is C13H14Cl3NO3S. The topological polar surface area (TPSA) is 63.2 Å². The summed E-state index contributed by atoms with van der Waals surface area (Å²) in [7, 11) is -4.02. The molecule has 1 aromatic rings. The molecule has 1 rings (SSSR count). The first-order valence-electron chi connectivity index (χ1n) is 6.00. The van der Waals surface area contributed by atoms with Crippen molar-refractivity contribution in [2.75, 3.05) is 0 Å². The molecule has 21 heavy (non-hydrogen) atoms. The minimum absolute atomic E-state index is 0.0643. The van der Waals surface area contributed by atoms with Crippen LogP contribution in [-0.4, -0.2) is 14.3 Å². The Morgan fingerprint density at radius 2 is 1.71 bits per heavy atom. The van der Waals surface area contributed by atoms with Gasteiger partial charge in [0.1, 0.15) is 4.49 Å². The highest BCUT2D eigenvalue weighted by molar-refractivity contribution is 7.95. The number of hydrogen-bond donors (Lipinski definition) is 1. The average molecular weight is 371 g/mol. The van der Waals surface area contributed by atoms with E-state index in [-0.39, 0.29) is 17.2 Å². The third-order valence-corrected chi connectivity index (χ3v) is 5.00. The molecule has 8 heteroatoms. The second kappa shape index (κ2) is 7.49. The minimum Gasteiger partial charge on any atom is -0.314 e. The van der Waals surface area contributed by atoms with Crippen molar-refractivity contribution in [1.82, 2.24) is 5.32 Å². The van der Waals surface area contributed by atoms with Crippen LogP contribution in [0, 0.1) is 5.92 Å². The third-order valence-electron chi connectivity index (χ3n) is 2.41. The van der Waals surface area contributed by atoms with Gasteiger partial charge in [0.2, 0.25) is 15.7 Å². The van der Waals surface area contributed by atoms with E-state index in [4.69, 9.17) is 34.8 Å². The van der Waals surface area contributed by atoms with E-state index in [0.29, 0.717) is 5.02 Å². The molecule has 1 N–H and O–H groups in total. The van der Waals surface area contributed by atoms with Crippen molar-refractivity contribution in [3.63, 3.8) is 0 Å². The van der Waals surface area contributed by atoms with Gasteiger partial charge in [-0.05, 0) is 30.2 Å². The van der Waals surface area contributed by atoms with Crippen molar-refractivity contribution in [3.8, 4) is 0 Å². The van der Waals surface area contributed by atoms with Crippen LogP contribution in [0.25, 0.3) is 0 Å². The van der Waals surface area contributed by atoms with Gasteiger partial charge in [0.05, 0.1) is 4.90 Å². The molecule has 0 saturated carbocycles. The summed E-state index contributed by atoms with van der Waals surface area (Å²) in [6, 6.07) is 5.46. The van der Waals surface area contributed by atoms with E-state index in [1.807, 2.05) is 13.8 Å². The van der Waals surface area contributed by atoms with Gasteiger partial charge in [-0.3, -0.25) is 4.79 Å². The number of carbonyl (C=O) groups excluding carboxylic acids is 1. The van der Waals surface area contributed by atoms with Crippen LogP contribution in [0.4, 0.5) is 0 Å². The van der Waals surface area contributed by atoms with E-state index in [0.717, 1.165) is 0 Å². The Morgan fingerprint density at radius 3 is 2.14 bits per heavy atom. The molecule has 0 aliphatic carbocycles. The van der Waals surface area contributed by atoms with E-state index < -0.39 is 25.3 Å². The lowest BCUT2D eigenvalue weighted by Crippen LogP contribution is -2.29. The predicted molar refractivity (Wildman–Crippen MR) is 85.0 cm³/mol. The van der Waals surface area contributed by atoms with E-state index in [1.54, 1.807) is 0 Å². The van der Waals surface area contributed by atoms with E-state index in [2.05, 4.69) is 5.32 Å². The Bertz CT molecular complexity index is 648. The molecular weight excluding hydrogens is 357 g/mol. The fraction of sp³-hybridized carbons (Fsp3) is 0.308. The normalized spacial score (nSPS) is 11.3. The number of rotatable bonds is 5. The van der Waals surface area contributed by atoms with Crippen LogP contribution >= 0.6 is 34.8 Å². The smallest absolute Gasteiger partial charge is 0.225 e. The average Bonchev–Trinajstić information content (AvgIpc) is 2.35. The van der Waals surface area contributed by atoms with Gasteiger partial charge in [-0.15, -0.1) is 0 Å². The van der Waals surface area contributed by atoms with Gasteiger partial charge in [0.25, 0.3) is 0 Å². The van der Waals surface area contributed by atoms with Gasteiger partial charge in [-0.2, -0.15) is 0 Å². The van der Waals surface area contributed by atoms with Crippen LogP contribution in [-0.2, 0) is 14.6 Å². The summed E-state index contributed by atoms with van der Waals surface area (Å²) in [5.74, 6) is -0.407. The Labute approximate surface area is 139 Å². The van der Waals surface area contributed by atoms with Crippen LogP contribution in [0.2, 0.25) is 5.02 Å². The summed E-state index contributed by atoms with van der Waals surface area (Å²) in [6.07, 6.45) is 0.153. The maximum absolute atomic E-state index is 12.4. The first-order valence-corrected chi connectivity index (χ1v) is 8.62. The molecule has 1 amide bonds. The Hall–Kier alpha value is -0.750. The molecule has 0 aliphatic rings. The number of benzene rings is 1. The lowest BCUT2D eigenvalue weighted by Gasteiger charge is -2.12. The summed E-state index contributed by atoms with van der Waals surface area (Å²) in [5, 5.41) is 2.12. The predicted octanol–water partition coefficient (Wildman–Crippen LogP) is 3.88.